The maximum Gasteiger partial charge on any atom is 0.161 e. The van der Waals surface area contributed by atoms with Gasteiger partial charge in [-0.05, 0) is 18.8 Å². The third-order valence-corrected chi connectivity index (χ3v) is 4.28. The fraction of sp³-hybridized carbons (Fsp3) is 0.688. The van der Waals surface area contributed by atoms with Crippen LogP contribution in [0.15, 0.2) is 23.8 Å². The van der Waals surface area contributed by atoms with Gasteiger partial charge in [0.2, 0.25) is 0 Å². The van der Waals surface area contributed by atoms with E-state index in [1.54, 1.807) is 20.3 Å². The Kier molecular flexibility index (Phi) is 5.13. The molecular weight excluding hydrogens is 256 g/mol. The van der Waals surface area contributed by atoms with E-state index >= 15 is 0 Å². The van der Waals surface area contributed by atoms with Crippen LogP contribution in [0.1, 0.15) is 19.3 Å². The number of carbonyl (C=O) groups is 1. The van der Waals surface area contributed by atoms with Crippen molar-refractivity contribution < 1.29 is 19.0 Å². The Bertz CT molecular complexity index is 405. The lowest BCUT2D eigenvalue weighted by molar-refractivity contribution is -0.116. The van der Waals surface area contributed by atoms with Crippen molar-refractivity contribution in [2.45, 2.75) is 19.3 Å². The first kappa shape index (κ1) is 15.4. The van der Waals surface area contributed by atoms with Crippen molar-refractivity contribution in [3.8, 4) is 0 Å². The second kappa shape index (κ2) is 6.66. The largest absolute Gasteiger partial charge is 0.384 e. The number of rotatable bonds is 8. The highest BCUT2D eigenvalue weighted by Gasteiger charge is 2.47. The van der Waals surface area contributed by atoms with Crippen molar-refractivity contribution in [1.29, 1.82) is 0 Å². The minimum absolute atomic E-state index is 0.0217. The van der Waals surface area contributed by atoms with E-state index in [0.29, 0.717) is 38.8 Å². The Morgan fingerprint density at radius 2 is 2.05 bits per heavy atom. The number of allylic oxidation sites excluding steroid dienone is 1. The Labute approximate surface area is 120 Å². The van der Waals surface area contributed by atoms with Crippen LogP contribution in [0.3, 0.4) is 0 Å². The highest BCUT2D eigenvalue weighted by atomic mass is 16.5. The van der Waals surface area contributed by atoms with Crippen LogP contribution in [0.4, 0.5) is 0 Å². The predicted octanol–water partition coefficient (Wildman–Crippen LogP) is 2.15. The molecule has 1 saturated carbocycles. The second-order valence-electron chi connectivity index (χ2n) is 5.88. The molecule has 0 heterocycles. The van der Waals surface area contributed by atoms with Crippen molar-refractivity contribution >= 4 is 5.78 Å². The summed E-state index contributed by atoms with van der Waals surface area (Å²) in [6.45, 7) is 5.87. The first-order valence-corrected chi connectivity index (χ1v) is 7.07. The van der Waals surface area contributed by atoms with Crippen LogP contribution in [0.25, 0.3) is 0 Å². The van der Waals surface area contributed by atoms with Gasteiger partial charge < -0.3 is 14.2 Å². The number of methoxy groups -OCH3 is 2. The van der Waals surface area contributed by atoms with Gasteiger partial charge in [-0.1, -0.05) is 11.6 Å². The minimum Gasteiger partial charge on any atom is -0.384 e. The van der Waals surface area contributed by atoms with E-state index in [1.165, 1.54) is 5.57 Å². The average molecular weight is 280 g/mol. The van der Waals surface area contributed by atoms with E-state index in [-0.39, 0.29) is 11.2 Å². The fourth-order valence-corrected chi connectivity index (χ4v) is 3.63. The van der Waals surface area contributed by atoms with Crippen LogP contribution in [0, 0.1) is 11.3 Å². The third kappa shape index (κ3) is 3.03. The number of carbonyl (C=O) groups excluding carboxylic acids is 1. The Balaban J connectivity index is 2.14. The number of hydrogen-bond donors (Lipinski definition) is 0. The molecule has 20 heavy (non-hydrogen) atoms. The molecule has 0 N–H and O–H groups in total. The van der Waals surface area contributed by atoms with Gasteiger partial charge in [-0.3, -0.25) is 4.79 Å². The van der Waals surface area contributed by atoms with Crippen LogP contribution in [-0.4, -0.2) is 46.4 Å². The highest BCUT2D eigenvalue weighted by Crippen LogP contribution is 2.51. The van der Waals surface area contributed by atoms with Crippen LogP contribution in [0.2, 0.25) is 0 Å². The summed E-state index contributed by atoms with van der Waals surface area (Å²) >= 11 is 0. The van der Waals surface area contributed by atoms with Crippen molar-refractivity contribution in [3.05, 3.63) is 23.8 Å². The lowest BCUT2D eigenvalue weighted by atomic mass is 9.85. The van der Waals surface area contributed by atoms with Crippen molar-refractivity contribution in [2.75, 3.05) is 40.6 Å². The molecule has 0 spiro atoms. The molecule has 112 valence electrons. The number of ether oxygens (including phenoxy) is 3. The summed E-state index contributed by atoms with van der Waals surface area (Å²) in [4.78, 5) is 12.1. The lowest BCUT2D eigenvalue weighted by Crippen LogP contribution is -2.29. The summed E-state index contributed by atoms with van der Waals surface area (Å²) in [5.41, 5.74) is 2.17. The fourth-order valence-electron chi connectivity index (χ4n) is 3.63. The standard InChI is InChI=1S/C16H24O4/c1-4-5-20-9-14-13-8-16(10-18-2,11-19-3)7-12(13)6-15(14)17/h4,12H,1,5-11H2,2-3H3/t12-/m0/s1. The molecule has 1 atom stereocenters. The van der Waals surface area contributed by atoms with Gasteiger partial charge >= 0.3 is 0 Å². The molecule has 0 aliphatic heterocycles. The topological polar surface area (TPSA) is 44.8 Å². The molecule has 0 saturated heterocycles. The van der Waals surface area contributed by atoms with Gasteiger partial charge in [-0.2, -0.15) is 0 Å². The molecular formula is C16H24O4. The number of Topliss-reactive ketones (excluding diaryl/α,β-unsaturated/α-hetero) is 1. The predicted molar refractivity (Wildman–Crippen MR) is 76.6 cm³/mol. The number of hydrogen-bond acceptors (Lipinski definition) is 4. The SMILES string of the molecule is C=CCOCC1=C2CC(COC)(COC)C[C@@H]2CC1=O. The zero-order valence-electron chi connectivity index (χ0n) is 12.4. The smallest absolute Gasteiger partial charge is 0.161 e. The zero-order valence-corrected chi connectivity index (χ0v) is 12.4. The summed E-state index contributed by atoms with van der Waals surface area (Å²) in [5, 5.41) is 0. The van der Waals surface area contributed by atoms with Gasteiger partial charge in [0, 0.05) is 31.6 Å². The maximum atomic E-state index is 12.1. The Morgan fingerprint density at radius 3 is 2.65 bits per heavy atom. The molecule has 0 unspecified atom stereocenters. The summed E-state index contributed by atoms with van der Waals surface area (Å²) < 4.78 is 16.2. The first-order chi connectivity index (χ1) is 9.65. The van der Waals surface area contributed by atoms with E-state index in [1.807, 2.05) is 0 Å². The molecule has 0 aromatic carbocycles. The molecule has 0 amide bonds. The first-order valence-electron chi connectivity index (χ1n) is 7.07. The molecule has 1 fully saturated rings. The van der Waals surface area contributed by atoms with Crippen molar-refractivity contribution in [2.24, 2.45) is 11.3 Å². The van der Waals surface area contributed by atoms with Gasteiger partial charge in [-0.15, -0.1) is 6.58 Å². The minimum atomic E-state index is 0.0217. The van der Waals surface area contributed by atoms with Gasteiger partial charge in [0.05, 0.1) is 26.4 Å². The molecule has 0 bridgehead atoms. The Morgan fingerprint density at radius 1 is 1.35 bits per heavy atom. The van der Waals surface area contributed by atoms with Gasteiger partial charge in [0.15, 0.2) is 5.78 Å². The molecule has 4 nitrogen and oxygen atoms in total. The number of ketones is 1. The van der Waals surface area contributed by atoms with Gasteiger partial charge in [0.25, 0.3) is 0 Å². The van der Waals surface area contributed by atoms with Crippen LogP contribution >= 0.6 is 0 Å². The normalized spacial score (nSPS) is 24.3. The molecule has 0 aromatic heterocycles. The molecule has 2 aliphatic carbocycles. The monoisotopic (exact) mass is 280 g/mol. The Hall–Kier alpha value is -0.970. The quantitative estimate of drug-likeness (QED) is 0.505. The van der Waals surface area contributed by atoms with Crippen LogP contribution < -0.4 is 0 Å². The highest BCUT2D eigenvalue weighted by molar-refractivity contribution is 5.99. The van der Waals surface area contributed by atoms with Crippen molar-refractivity contribution in [3.63, 3.8) is 0 Å². The van der Waals surface area contributed by atoms with Crippen LogP contribution in [-0.2, 0) is 19.0 Å². The second-order valence-corrected chi connectivity index (χ2v) is 5.88. The maximum absolute atomic E-state index is 12.1. The van der Waals surface area contributed by atoms with E-state index in [9.17, 15) is 4.79 Å². The van der Waals surface area contributed by atoms with E-state index in [2.05, 4.69) is 6.58 Å². The third-order valence-electron chi connectivity index (χ3n) is 4.28. The summed E-state index contributed by atoms with van der Waals surface area (Å²) in [6, 6.07) is 0. The van der Waals surface area contributed by atoms with Gasteiger partial charge in [-0.25, -0.2) is 0 Å². The molecule has 0 aromatic rings. The average Bonchev–Trinajstić information content (AvgIpc) is 2.86. The summed E-state index contributed by atoms with van der Waals surface area (Å²) in [6.07, 6.45) is 4.19. The van der Waals surface area contributed by atoms with E-state index in [0.717, 1.165) is 18.4 Å². The summed E-state index contributed by atoms with van der Waals surface area (Å²) in [5.74, 6) is 0.604. The number of fused-ring (bicyclic) bond motifs is 1. The lowest BCUT2D eigenvalue weighted by Gasteiger charge is -2.27. The van der Waals surface area contributed by atoms with Crippen molar-refractivity contribution in [1.82, 2.24) is 0 Å². The van der Waals surface area contributed by atoms with E-state index in [4.69, 9.17) is 14.2 Å². The zero-order chi connectivity index (χ0) is 14.6. The van der Waals surface area contributed by atoms with Gasteiger partial charge in [0.1, 0.15) is 0 Å². The van der Waals surface area contributed by atoms with Crippen LogP contribution in [0.5, 0.6) is 0 Å². The summed E-state index contributed by atoms with van der Waals surface area (Å²) in [7, 11) is 3.44. The molecule has 2 rings (SSSR count). The molecule has 0 radical (unpaired) electrons. The molecule has 4 heteroatoms. The molecule has 2 aliphatic rings. The van der Waals surface area contributed by atoms with E-state index < -0.39 is 0 Å².